The summed E-state index contributed by atoms with van der Waals surface area (Å²) in [5.41, 5.74) is 6.52. The molecule has 2 amide bonds. The van der Waals surface area contributed by atoms with Crippen LogP contribution in [0.2, 0.25) is 0 Å². The highest BCUT2D eigenvalue weighted by Crippen LogP contribution is 2.28. The minimum Gasteiger partial charge on any atom is -0.371 e. The molecule has 5 nitrogen and oxygen atoms in total. The van der Waals surface area contributed by atoms with Crippen LogP contribution in [0.3, 0.4) is 0 Å². The molecule has 0 spiro atoms. The third kappa shape index (κ3) is 5.17. The maximum absolute atomic E-state index is 12.2. The fraction of sp³-hybridized carbons (Fsp3) is 0.417. The first-order chi connectivity index (χ1) is 14.0. The number of fused-ring (bicyclic) bond motifs is 1. The highest BCUT2D eigenvalue weighted by Gasteiger charge is 2.17. The van der Waals surface area contributed by atoms with Crippen LogP contribution in [0.1, 0.15) is 42.0 Å². The molecular formula is C24H31N3O2. The Labute approximate surface area is 173 Å². The lowest BCUT2D eigenvalue weighted by atomic mass is 9.98. The van der Waals surface area contributed by atoms with E-state index in [-0.39, 0.29) is 0 Å². The molecule has 0 aliphatic carbocycles. The van der Waals surface area contributed by atoms with Crippen molar-refractivity contribution in [2.75, 3.05) is 29.9 Å². The van der Waals surface area contributed by atoms with Crippen molar-refractivity contribution in [3.63, 3.8) is 0 Å². The summed E-state index contributed by atoms with van der Waals surface area (Å²) < 4.78 is 0. The van der Waals surface area contributed by atoms with Crippen LogP contribution in [0.4, 0.5) is 11.4 Å². The van der Waals surface area contributed by atoms with Crippen LogP contribution in [0.5, 0.6) is 0 Å². The van der Waals surface area contributed by atoms with E-state index in [9.17, 15) is 9.59 Å². The molecule has 0 unspecified atom stereocenters. The Morgan fingerprint density at radius 2 is 1.83 bits per heavy atom. The molecule has 0 aromatic heterocycles. The van der Waals surface area contributed by atoms with Gasteiger partial charge >= 0.3 is 11.8 Å². The highest BCUT2D eigenvalue weighted by atomic mass is 16.2. The van der Waals surface area contributed by atoms with Crippen LogP contribution in [-0.2, 0) is 22.4 Å². The Balaban J connectivity index is 1.53. The summed E-state index contributed by atoms with van der Waals surface area (Å²) >= 11 is 0. The number of hydrogen-bond acceptors (Lipinski definition) is 3. The molecule has 0 radical (unpaired) electrons. The van der Waals surface area contributed by atoms with Gasteiger partial charge in [-0.25, -0.2) is 0 Å². The molecule has 0 saturated carbocycles. The van der Waals surface area contributed by atoms with E-state index in [4.69, 9.17) is 0 Å². The van der Waals surface area contributed by atoms with Crippen molar-refractivity contribution < 1.29 is 9.59 Å². The van der Waals surface area contributed by atoms with E-state index in [2.05, 4.69) is 40.7 Å². The number of amides is 2. The fourth-order valence-electron chi connectivity index (χ4n) is 3.97. The number of nitrogens with one attached hydrogen (secondary N) is 2. The molecule has 0 bridgehead atoms. The minimum absolute atomic E-state index is 0.441. The molecule has 0 fully saturated rings. The Morgan fingerprint density at radius 3 is 2.55 bits per heavy atom. The molecule has 2 aromatic carbocycles. The Kier molecular flexibility index (Phi) is 6.91. The zero-order valence-electron chi connectivity index (χ0n) is 17.7. The number of anilines is 2. The number of rotatable bonds is 6. The zero-order chi connectivity index (χ0) is 20.8. The predicted molar refractivity (Wildman–Crippen MR) is 119 cm³/mol. The molecule has 2 aromatic rings. The van der Waals surface area contributed by atoms with Gasteiger partial charge in [-0.1, -0.05) is 37.3 Å². The SMILES string of the molecule is CCCN1CCCc2cc(CCNC(=O)C(=O)Nc3c(C)cccc3C)ccc21. The van der Waals surface area contributed by atoms with E-state index in [1.807, 2.05) is 32.0 Å². The molecule has 5 heteroatoms. The number of para-hydroxylation sites is 1. The number of nitrogens with zero attached hydrogens (tertiary/aromatic N) is 1. The maximum Gasteiger partial charge on any atom is 0.313 e. The van der Waals surface area contributed by atoms with Crippen LogP contribution in [0, 0.1) is 13.8 Å². The minimum atomic E-state index is -0.622. The van der Waals surface area contributed by atoms with Gasteiger partial charge in [0, 0.05) is 31.0 Å². The summed E-state index contributed by atoms with van der Waals surface area (Å²) in [6.45, 7) is 8.71. The van der Waals surface area contributed by atoms with E-state index in [0.717, 1.165) is 37.1 Å². The average molecular weight is 394 g/mol. The first kappa shape index (κ1) is 20.9. The van der Waals surface area contributed by atoms with Crippen molar-refractivity contribution in [2.24, 2.45) is 0 Å². The molecule has 2 N–H and O–H groups in total. The molecule has 0 atom stereocenters. The molecule has 29 heavy (non-hydrogen) atoms. The van der Waals surface area contributed by atoms with Crippen molar-refractivity contribution in [2.45, 2.75) is 46.5 Å². The number of aryl methyl sites for hydroxylation is 3. The smallest absolute Gasteiger partial charge is 0.313 e. The van der Waals surface area contributed by atoms with Crippen molar-refractivity contribution in [1.82, 2.24) is 5.32 Å². The fourth-order valence-corrected chi connectivity index (χ4v) is 3.97. The van der Waals surface area contributed by atoms with Crippen LogP contribution in [0.25, 0.3) is 0 Å². The summed E-state index contributed by atoms with van der Waals surface area (Å²) in [5.74, 6) is -1.22. The van der Waals surface area contributed by atoms with Gasteiger partial charge in [0.1, 0.15) is 0 Å². The number of carbonyl (C=O) groups is 2. The first-order valence-corrected chi connectivity index (χ1v) is 10.5. The molecule has 1 heterocycles. The summed E-state index contributed by atoms with van der Waals surface area (Å²) in [4.78, 5) is 26.9. The van der Waals surface area contributed by atoms with Gasteiger partial charge in [0.05, 0.1) is 0 Å². The van der Waals surface area contributed by atoms with Crippen molar-refractivity contribution in [3.05, 3.63) is 58.7 Å². The lowest BCUT2D eigenvalue weighted by Crippen LogP contribution is -2.36. The Morgan fingerprint density at radius 1 is 1.07 bits per heavy atom. The standard InChI is InChI=1S/C24H31N3O2/c1-4-14-27-15-6-9-20-16-19(10-11-21(20)27)12-13-25-23(28)24(29)26-22-17(2)7-5-8-18(22)3/h5,7-8,10-11,16H,4,6,9,12-15H2,1-3H3,(H,25,28)(H,26,29). The van der Waals surface area contributed by atoms with Gasteiger partial charge in [-0.05, 0) is 67.9 Å². The van der Waals surface area contributed by atoms with Crippen molar-refractivity contribution in [1.29, 1.82) is 0 Å². The van der Waals surface area contributed by atoms with Crippen LogP contribution < -0.4 is 15.5 Å². The van der Waals surface area contributed by atoms with Crippen molar-refractivity contribution >= 4 is 23.2 Å². The normalized spacial score (nSPS) is 13.0. The zero-order valence-corrected chi connectivity index (χ0v) is 17.7. The van der Waals surface area contributed by atoms with Crippen LogP contribution in [-0.4, -0.2) is 31.4 Å². The van der Waals surface area contributed by atoms with Crippen LogP contribution in [0.15, 0.2) is 36.4 Å². The average Bonchev–Trinajstić information content (AvgIpc) is 2.71. The molecule has 0 saturated heterocycles. The van der Waals surface area contributed by atoms with E-state index >= 15 is 0 Å². The topological polar surface area (TPSA) is 61.4 Å². The molecular weight excluding hydrogens is 362 g/mol. The molecule has 1 aliphatic rings. The van der Waals surface area contributed by atoms with Gasteiger partial charge in [0.15, 0.2) is 0 Å². The second-order valence-corrected chi connectivity index (χ2v) is 7.78. The highest BCUT2D eigenvalue weighted by molar-refractivity contribution is 6.39. The second-order valence-electron chi connectivity index (χ2n) is 7.78. The van der Waals surface area contributed by atoms with Crippen LogP contribution >= 0.6 is 0 Å². The van der Waals surface area contributed by atoms with E-state index in [1.54, 1.807) is 0 Å². The quantitative estimate of drug-likeness (QED) is 0.735. The van der Waals surface area contributed by atoms with Gasteiger partial charge in [-0.15, -0.1) is 0 Å². The molecule has 154 valence electrons. The Bertz CT molecular complexity index is 871. The Hall–Kier alpha value is -2.82. The lowest BCUT2D eigenvalue weighted by molar-refractivity contribution is -0.136. The summed E-state index contributed by atoms with van der Waals surface area (Å²) in [5, 5.41) is 5.47. The molecule has 1 aliphatic heterocycles. The third-order valence-corrected chi connectivity index (χ3v) is 5.48. The number of carbonyl (C=O) groups excluding carboxylic acids is 2. The largest absolute Gasteiger partial charge is 0.371 e. The summed E-state index contributed by atoms with van der Waals surface area (Å²) in [7, 11) is 0. The van der Waals surface area contributed by atoms with Gasteiger partial charge < -0.3 is 15.5 Å². The van der Waals surface area contributed by atoms with E-state index in [1.165, 1.54) is 23.2 Å². The van der Waals surface area contributed by atoms with Gasteiger partial charge in [0.2, 0.25) is 0 Å². The van der Waals surface area contributed by atoms with Gasteiger partial charge in [-0.2, -0.15) is 0 Å². The summed E-state index contributed by atoms with van der Waals surface area (Å²) in [6.07, 6.45) is 4.15. The second kappa shape index (κ2) is 9.59. The summed E-state index contributed by atoms with van der Waals surface area (Å²) in [6, 6.07) is 12.3. The third-order valence-electron chi connectivity index (χ3n) is 5.48. The van der Waals surface area contributed by atoms with E-state index in [0.29, 0.717) is 18.7 Å². The van der Waals surface area contributed by atoms with Gasteiger partial charge in [0.25, 0.3) is 0 Å². The number of hydrogen-bond donors (Lipinski definition) is 2. The monoisotopic (exact) mass is 393 g/mol. The number of benzene rings is 2. The molecule has 3 rings (SSSR count). The van der Waals surface area contributed by atoms with Crippen molar-refractivity contribution in [3.8, 4) is 0 Å². The van der Waals surface area contributed by atoms with Gasteiger partial charge in [-0.3, -0.25) is 9.59 Å². The lowest BCUT2D eigenvalue weighted by Gasteiger charge is -2.31. The maximum atomic E-state index is 12.2. The first-order valence-electron chi connectivity index (χ1n) is 10.5. The predicted octanol–water partition coefficient (Wildman–Crippen LogP) is 3.76. The van der Waals surface area contributed by atoms with E-state index < -0.39 is 11.8 Å².